The molecule has 1 aliphatic rings. The van der Waals surface area contributed by atoms with Crippen LogP contribution in [0.3, 0.4) is 0 Å². The number of aliphatic carboxylic acids is 1. The molecule has 0 radical (unpaired) electrons. The number of hydrogen-bond donors (Lipinski definition) is 4. The van der Waals surface area contributed by atoms with Crippen LogP contribution in [-0.4, -0.2) is 53.9 Å². The molecular formula is C14H25N3O5. The summed E-state index contributed by atoms with van der Waals surface area (Å²) in [6.07, 6.45) is 0.636. The molecule has 2 unspecified atom stereocenters. The highest BCUT2D eigenvalue weighted by Gasteiger charge is 2.27. The van der Waals surface area contributed by atoms with Crippen LogP contribution < -0.4 is 16.0 Å². The van der Waals surface area contributed by atoms with Gasteiger partial charge in [-0.1, -0.05) is 0 Å². The van der Waals surface area contributed by atoms with Gasteiger partial charge in [0.15, 0.2) is 0 Å². The summed E-state index contributed by atoms with van der Waals surface area (Å²) in [6.45, 7) is 6.61. The van der Waals surface area contributed by atoms with E-state index < -0.39 is 29.6 Å². The first-order valence-corrected chi connectivity index (χ1v) is 7.40. The smallest absolute Gasteiger partial charge is 0.408 e. The van der Waals surface area contributed by atoms with Gasteiger partial charge >= 0.3 is 12.1 Å². The quantitative estimate of drug-likeness (QED) is 0.577. The lowest BCUT2D eigenvalue weighted by Gasteiger charge is -2.25. The zero-order valence-corrected chi connectivity index (χ0v) is 13.3. The van der Waals surface area contributed by atoms with E-state index in [0.29, 0.717) is 6.54 Å². The predicted molar refractivity (Wildman–Crippen MR) is 79.4 cm³/mol. The van der Waals surface area contributed by atoms with Crippen molar-refractivity contribution in [1.29, 1.82) is 0 Å². The van der Waals surface area contributed by atoms with Crippen molar-refractivity contribution in [3.8, 4) is 0 Å². The average molecular weight is 315 g/mol. The number of carbonyl (C=O) groups is 3. The molecule has 1 heterocycles. The standard InChI is InChI=1S/C14H25N3O5/c1-14(2,3)22-13(21)17-10(12(19)20)7-11(18)16-9-5-4-6-15-8-9/h9-10,15H,4-8H2,1-3H3,(H,16,18)(H,17,21)(H,19,20). The minimum Gasteiger partial charge on any atom is -0.480 e. The first kappa shape index (κ1) is 18.2. The van der Waals surface area contributed by atoms with Gasteiger partial charge in [0.2, 0.25) is 5.91 Å². The molecular weight excluding hydrogens is 290 g/mol. The zero-order valence-electron chi connectivity index (χ0n) is 13.3. The van der Waals surface area contributed by atoms with E-state index in [-0.39, 0.29) is 12.5 Å². The highest BCUT2D eigenvalue weighted by atomic mass is 16.6. The van der Waals surface area contributed by atoms with Crippen LogP contribution in [0, 0.1) is 0 Å². The predicted octanol–water partition coefficient (Wildman–Crippen LogP) is 0.223. The monoisotopic (exact) mass is 315 g/mol. The molecule has 0 spiro atoms. The molecule has 1 fully saturated rings. The maximum atomic E-state index is 11.9. The molecule has 1 rings (SSSR count). The highest BCUT2D eigenvalue weighted by Crippen LogP contribution is 2.07. The second-order valence-electron chi connectivity index (χ2n) is 6.35. The van der Waals surface area contributed by atoms with E-state index in [1.807, 2.05) is 0 Å². The van der Waals surface area contributed by atoms with Gasteiger partial charge in [-0.15, -0.1) is 0 Å². The number of alkyl carbamates (subject to hydrolysis) is 1. The molecule has 126 valence electrons. The summed E-state index contributed by atoms with van der Waals surface area (Å²) in [7, 11) is 0. The molecule has 0 aromatic rings. The van der Waals surface area contributed by atoms with Crippen LogP contribution >= 0.6 is 0 Å². The van der Waals surface area contributed by atoms with Gasteiger partial charge in [-0.25, -0.2) is 9.59 Å². The van der Waals surface area contributed by atoms with E-state index in [9.17, 15) is 14.4 Å². The lowest BCUT2D eigenvalue weighted by Crippen LogP contribution is -2.49. The number of ether oxygens (including phenoxy) is 1. The summed E-state index contributed by atoms with van der Waals surface area (Å²) in [5.74, 6) is -1.68. The molecule has 2 atom stereocenters. The molecule has 4 N–H and O–H groups in total. The third-order valence-electron chi connectivity index (χ3n) is 3.04. The lowest BCUT2D eigenvalue weighted by molar-refractivity contribution is -0.141. The number of carbonyl (C=O) groups excluding carboxylic acids is 2. The number of amides is 2. The average Bonchev–Trinajstić information content (AvgIpc) is 2.36. The third kappa shape index (κ3) is 7.26. The van der Waals surface area contributed by atoms with E-state index in [0.717, 1.165) is 19.4 Å². The van der Waals surface area contributed by atoms with Crippen molar-refractivity contribution < 1.29 is 24.2 Å². The Kier molecular flexibility index (Phi) is 6.61. The number of carboxylic acids is 1. The molecule has 0 aromatic carbocycles. The van der Waals surface area contributed by atoms with Crippen LogP contribution in [0.15, 0.2) is 0 Å². The number of carboxylic acid groups (broad SMARTS) is 1. The summed E-state index contributed by atoms with van der Waals surface area (Å²) in [5.41, 5.74) is -0.733. The highest BCUT2D eigenvalue weighted by molar-refractivity contribution is 5.87. The molecule has 0 saturated carbocycles. The lowest BCUT2D eigenvalue weighted by atomic mass is 10.1. The van der Waals surface area contributed by atoms with Crippen molar-refractivity contribution >= 4 is 18.0 Å². The molecule has 0 aromatic heterocycles. The summed E-state index contributed by atoms with van der Waals surface area (Å²) in [4.78, 5) is 34.7. The number of hydrogen-bond acceptors (Lipinski definition) is 5. The van der Waals surface area contributed by atoms with Crippen LogP contribution in [0.25, 0.3) is 0 Å². The fourth-order valence-electron chi connectivity index (χ4n) is 2.10. The maximum absolute atomic E-state index is 11.9. The Balaban J connectivity index is 2.47. The fraction of sp³-hybridized carbons (Fsp3) is 0.786. The van der Waals surface area contributed by atoms with Crippen molar-refractivity contribution in [3.05, 3.63) is 0 Å². The Morgan fingerprint density at radius 2 is 2.05 bits per heavy atom. The number of rotatable bonds is 5. The minimum absolute atomic E-state index is 0.00257. The Hall–Kier alpha value is -1.83. The molecule has 0 bridgehead atoms. The Morgan fingerprint density at radius 3 is 2.55 bits per heavy atom. The Bertz CT molecular complexity index is 413. The summed E-state index contributed by atoms with van der Waals surface area (Å²) in [6, 6.07) is -1.32. The summed E-state index contributed by atoms with van der Waals surface area (Å²) >= 11 is 0. The van der Waals surface area contributed by atoms with Crippen LogP contribution in [-0.2, 0) is 14.3 Å². The van der Waals surface area contributed by atoms with Crippen molar-refractivity contribution in [2.45, 2.75) is 57.7 Å². The number of piperidine rings is 1. The van der Waals surface area contributed by atoms with Crippen LogP contribution in [0.5, 0.6) is 0 Å². The van der Waals surface area contributed by atoms with Gasteiger partial charge in [-0.2, -0.15) is 0 Å². The van der Waals surface area contributed by atoms with Crippen molar-refractivity contribution in [1.82, 2.24) is 16.0 Å². The second-order valence-corrected chi connectivity index (χ2v) is 6.35. The van der Waals surface area contributed by atoms with Crippen LogP contribution in [0.4, 0.5) is 4.79 Å². The first-order valence-electron chi connectivity index (χ1n) is 7.40. The molecule has 1 saturated heterocycles. The van der Waals surface area contributed by atoms with E-state index >= 15 is 0 Å². The van der Waals surface area contributed by atoms with Gasteiger partial charge in [0.1, 0.15) is 11.6 Å². The molecule has 0 aliphatic carbocycles. The molecule has 1 aliphatic heterocycles. The third-order valence-corrected chi connectivity index (χ3v) is 3.04. The van der Waals surface area contributed by atoms with Crippen molar-refractivity contribution in [2.75, 3.05) is 13.1 Å². The van der Waals surface area contributed by atoms with E-state index in [1.165, 1.54) is 0 Å². The second kappa shape index (κ2) is 7.98. The largest absolute Gasteiger partial charge is 0.480 e. The van der Waals surface area contributed by atoms with Gasteiger partial charge in [-0.05, 0) is 40.2 Å². The minimum atomic E-state index is -1.31. The van der Waals surface area contributed by atoms with Crippen LogP contribution in [0.2, 0.25) is 0 Å². The Labute approximate surface area is 130 Å². The first-order chi connectivity index (χ1) is 10.2. The molecule has 2 amide bonds. The normalized spacial score (nSPS) is 19.9. The van der Waals surface area contributed by atoms with Crippen molar-refractivity contribution in [3.63, 3.8) is 0 Å². The topological polar surface area (TPSA) is 117 Å². The SMILES string of the molecule is CC(C)(C)OC(=O)NC(CC(=O)NC1CCCNC1)C(=O)O. The van der Waals surface area contributed by atoms with Crippen molar-refractivity contribution in [2.24, 2.45) is 0 Å². The van der Waals surface area contributed by atoms with E-state index in [4.69, 9.17) is 9.84 Å². The summed E-state index contributed by atoms with van der Waals surface area (Å²) < 4.78 is 4.99. The van der Waals surface area contributed by atoms with E-state index in [2.05, 4.69) is 16.0 Å². The maximum Gasteiger partial charge on any atom is 0.408 e. The fourth-order valence-corrected chi connectivity index (χ4v) is 2.10. The Morgan fingerprint density at radius 1 is 1.36 bits per heavy atom. The van der Waals surface area contributed by atoms with Gasteiger partial charge < -0.3 is 25.8 Å². The molecule has 22 heavy (non-hydrogen) atoms. The molecule has 8 heteroatoms. The summed E-state index contributed by atoms with van der Waals surface area (Å²) in [5, 5.41) is 17.2. The van der Waals surface area contributed by atoms with Gasteiger partial charge in [0.05, 0.1) is 6.42 Å². The van der Waals surface area contributed by atoms with Crippen LogP contribution in [0.1, 0.15) is 40.0 Å². The zero-order chi connectivity index (χ0) is 16.8. The van der Waals surface area contributed by atoms with Gasteiger partial charge in [0, 0.05) is 12.6 Å². The van der Waals surface area contributed by atoms with Gasteiger partial charge in [0.25, 0.3) is 0 Å². The molecule has 8 nitrogen and oxygen atoms in total. The van der Waals surface area contributed by atoms with Gasteiger partial charge in [-0.3, -0.25) is 4.79 Å². The number of nitrogens with one attached hydrogen (secondary N) is 3. The van der Waals surface area contributed by atoms with E-state index in [1.54, 1.807) is 20.8 Å².